The highest BCUT2D eigenvalue weighted by atomic mass is 32.2. The fourth-order valence-electron chi connectivity index (χ4n) is 1.41. The van der Waals surface area contributed by atoms with Crippen molar-refractivity contribution in [3.8, 4) is 0 Å². The molecule has 0 aliphatic carbocycles. The minimum atomic E-state index is -3.54. The van der Waals surface area contributed by atoms with E-state index in [4.69, 9.17) is 5.11 Å². The molecule has 0 heterocycles. The van der Waals surface area contributed by atoms with E-state index in [9.17, 15) is 13.2 Å². The van der Waals surface area contributed by atoms with Crippen molar-refractivity contribution in [1.82, 2.24) is 4.72 Å². The van der Waals surface area contributed by atoms with Crippen molar-refractivity contribution in [2.75, 3.05) is 6.54 Å². The third-order valence-corrected chi connectivity index (χ3v) is 4.11. The maximum atomic E-state index is 11.9. The SMILES string of the molecule is Cc1ccc(S(=O)(=O)NCCCC(=O)O)cc1C. The van der Waals surface area contributed by atoms with E-state index in [1.54, 1.807) is 18.2 Å². The Bertz CT molecular complexity index is 537. The molecule has 6 heteroatoms. The zero-order chi connectivity index (χ0) is 13.8. The van der Waals surface area contributed by atoms with Crippen LogP contribution < -0.4 is 4.72 Å². The van der Waals surface area contributed by atoms with Gasteiger partial charge < -0.3 is 5.11 Å². The number of hydrogen-bond donors (Lipinski definition) is 2. The largest absolute Gasteiger partial charge is 0.481 e. The fraction of sp³-hybridized carbons (Fsp3) is 0.417. The summed E-state index contributed by atoms with van der Waals surface area (Å²) in [7, 11) is -3.54. The van der Waals surface area contributed by atoms with Gasteiger partial charge in [-0.25, -0.2) is 13.1 Å². The van der Waals surface area contributed by atoms with Crippen molar-refractivity contribution >= 4 is 16.0 Å². The molecular weight excluding hydrogens is 254 g/mol. The van der Waals surface area contributed by atoms with Crippen molar-refractivity contribution in [3.05, 3.63) is 29.3 Å². The zero-order valence-corrected chi connectivity index (χ0v) is 11.3. The molecule has 5 nitrogen and oxygen atoms in total. The number of carbonyl (C=O) groups is 1. The highest BCUT2D eigenvalue weighted by molar-refractivity contribution is 7.89. The van der Waals surface area contributed by atoms with Gasteiger partial charge in [0.1, 0.15) is 0 Å². The van der Waals surface area contributed by atoms with E-state index in [1.807, 2.05) is 13.8 Å². The number of hydrogen-bond acceptors (Lipinski definition) is 3. The molecule has 18 heavy (non-hydrogen) atoms. The smallest absolute Gasteiger partial charge is 0.303 e. The summed E-state index contributed by atoms with van der Waals surface area (Å²) in [5.41, 5.74) is 1.93. The Morgan fingerprint density at radius 1 is 1.28 bits per heavy atom. The van der Waals surface area contributed by atoms with Crippen LogP contribution in [0.5, 0.6) is 0 Å². The Hall–Kier alpha value is -1.40. The van der Waals surface area contributed by atoms with E-state index in [0.29, 0.717) is 0 Å². The molecule has 0 bridgehead atoms. The molecule has 0 atom stereocenters. The van der Waals surface area contributed by atoms with Crippen LogP contribution in [0.2, 0.25) is 0 Å². The second-order valence-electron chi connectivity index (χ2n) is 4.14. The number of rotatable bonds is 6. The summed E-state index contributed by atoms with van der Waals surface area (Å²) >= 11 is 0. The quantitative estimate of drug-likeness (QED) is 0.767. The van der Waals surface area contributed by atoms with E-state index in [1.165, 1.54) is 0 Å². The van der Waals surface area contributed by atoms with Gasteiger partial charge in [0.15, 0.2) is 0 Å². The topological polar surface area (TPSA) is 83.5 Å². The molecule has 2 N–H and O–H groups in total. The van der Waals surface area contributed by atoms with Crippen LogP contribution in [0.15, 0.2) is 23.1 Å². The number of carboxylic acids is 1. The second-order valence-corrected chi connectivity index (χ2v) is 5.91. The summed E-state index contributed by atoms with van der Waals surface area (Å²) in [6.45, 7) is 3.88. The first-order valence-corrected chi connectivity index (χ1v) is 7.10. The average Bonchev–Trinajstić information content (AvgIpc) is 2.28. The monoisotopic (exact) mass is 271 g/mol. The molecule has 0 saturated carbocycles. The normalized spacial score (nSPS) is 11.4. The maximum absolute atomic E-state index is 11.9. The molecule has 0 unspecified atom stereocenters. The van der Waals surface area contributed by atoms with Crippen molar-refractivity contribution in [2.45, 2.75) is 31.6 Å². The van der Waals surface area contributed by atoms with Crippen molar-refractivity contribution in [1.29, 1.82) is 0 Å². The molecule has 0 saturated heterocycles. The third-order valence-electron chi connectivity index (χ3n) is 2.65. The van der Waals surface area contributed by atoms with E-state index in [-0.39, 0.29) is 24.3 Å². The van der Waals surface area contributed by atoms with Crippen molar-refractivity contribution in [3.63, 3.8) is 0 Å². The van der Waals surface area contributed by atoms with Gasteiger partial charge in [-0.1, -0.05) is 6.07 Å². The minimum absolute atomic E-state index is 0.0462. The van der Waals surface area contributed by atoms with Crippen LogP contribution in [-0.2, 0) is 14.8 Å². The van der Waals surface area contributed by atoms with Gasteiger partial charge in [-0.05, 0) is 43.5 Å². The average molecular weight is 271 g/mol. The Balaban J connectivity index is 2.68. The zero-order valence-electron chi connectivity index (χ0n) is 10.4. The summed E-state index contributed by atoms with van der Waals surface area (Å²) in [6.07, 6.45) is 0.231. The lowest BCUT2D eigenvalue weighted by Gasteiger charge is -2.08. The van der Waals surface area contributed by atoms with Gasteiger partial charge in [0.05, 0.1) is 4.90 Å². The van der Waals surface area contributed by atoms with Crippen molar-refractivity contribution < 1.29 is 18.3 Å². The van der Waals surface area contributed by atoms with E-state index < -0.39 is 16.0 Å². The first-order chi connectivity index (χ1) is 8.33. The van der Waals surface area contributed by atoms with Gasteiger partial charge in [0.25, 0.3) is 0 Å². The Morgan fingerprint density at radius 2 is 1.94 bits per heavy atom. The first kappa shape index (κ1) is 14.7. The summed E-state index contributed by atoms with van der Waals surface area (Å²) in [4.78, 5) is 10.5. The van der Waals surface area contributed by atoms with Crippen LogP contribution in [0, 0.1) is 13.8 Å². The molecule has 0 amide bonds. The Kier molecular flexibility index (Phi) is 4.86. The molecule has 1 rings (SSSR count). The van der Waals surface area contributed by atoms with Crippen LogP contribution in [0.4, 0.5) is 0 Å². The molecule has 1 aromatic carbocycles. The summed E-state index contributed by atoms with van der Waals surface area (Å²) < 4.78 is 26.1. The number of benzene rings is 1. The van der Waals surface area contributed by atoms with Crippen LogP contribution >= 0.6 is 0 Å². The van der Waals surface area contributed by atoms with Gasteiger partial charge >= 0.3 is 5.97 Å². The molecule has 0 radical (unpaired) electrons. The molecule has 1 aromatic rings. The predicted octanol–water partition coefficient (Wildman–Crippen LogP) is 1.45. The molecule has 0 fully saturated rings. The summed E-state index contributed by atoms with van der Waals surface area (Å²) in [6, 6.07) is 4.90. The summed E-state index contributed by atoms with van der Waals surface area (Å²) in [5.74, 6) is -0.930. The van der Waals surface area contributed by atoms with Gasteiger partial charge in [-0.3, -0.25) is 4.79 Å². The molecule has 100 valence electrons. The van der Waals surface area contributed by atoms with E-state index in [2.05, 4.69) is 4.72 Å². The van der Waals surface area contributed by atoms with Gasteiger partial charge in [-0.15, -0.1) is 0 Å². The van der Waals surface area contributed by atoms with Gasteiger partial charge in [0, 0.05) is 13.0 Å². The standard InChI is InChI=1S/C12H17NO4S/c1-9-5-6-11(8-10(9)2)18(16,17)13-7-3-4-12(14)15/h5-6,8,13H,3-4,7H2,1-2H3,(H,14,15). The predicted molar refractivity (Wildman–Crippen MR) is 68.0 cm³/mol. The van der Waals surface area contributed by atoms with Crippen molar-refractivity contribution in [2.24, 2.45) is 0 Å². The van der Waals surface area contributed by atoms with E-state index in [0.717, 1.165) is 11.1 Å². The van der Waals surface area contributed by atoms with Gasteiger partial charge in [0.2, 0.25) is 10.0 Å². The number of aliphatic carboxylic acids is 1. The van der Waals surface area contributed by atoms with Gasteiger partial charge in [-0.2, -0.15) is 0 Å². The summed E-state index contributed by atoms with van der Waals surface area (Å²) in [5, 5.41) is 8.45. The van der Waals surface area contributed by atoms with Crippen LogP contribution in [-0.4, -0.2) is 26.0 Å². The molecule has 0 aliphatic heterocycles. The molecule has 0 aliphatic rings. The number of carboxylic acid groups (broad SMARTS) is 1. The fourth-order valence-corrected chi connectivity index (χ4v) is 2.57. The number of nitrogens with one attached hydrogen (secondary N) is 1. The maximum Gasteiger partial charge on any atom is 0.303 e. The third kappa shape index (κ3) is 4.12. The first-order valence-electron chi connectivity index (χ1n) is 5.61. The molecular formula is C12H17NO4S. The lowest BCUT2D eigenvalue weighted by atomic mass is 10.1. The molecule has 0 aromatic heterocycles. The van der Waals surface area contributed by atoms with Crippen LogP contribution in [0.1, 0.15) is 24.0 Å². The number of aryl methyl sites for hydroxylation is 2. The highest BCUT2D eigenvalue weighted by Gasteiger charge is 2.13. The Labute approximate surface area is 107 Å². The van der Waals surface area contributed by atoms with E-state index >= 15 is 0 Å². The highest BCUT2D eigenvalue weighted by Crippen LogP contribution is 2.14. The Morgan fingerprint density at radius 3 is 2.50 bits per heavy atom. The number of sulfonamides is 1. The molecule has 0 spiro atoms. The lowest BCUT2D eigenvalue weighted by Crippen LogP contribution is -2.25. The van der Waals surface area contributed by atoms with Crippen LogP contribution in [0.3, 0.4) is 0 Å². The van der Waals surface area contributed by atoms with Crippen LogP contribution in [0.25, 0.3) is 0 Å². The lowest BCUT2D eigenvalue weighted by molar-refractivity contribution is -0.137. The minimum Gasteiger partial charge on any atom is -0.481 e. The second kappa shape index (κ2) is 5.97.